The zero-order valence-electron chi connectivity index (χ0n) is 76.2. The third kappa shape index (κ3) is 23.7. The highest BCUT2D eigenvalue weighted by Crippen LogP contribution is 2.51. The summed E-state index contributed by atoms with van der Waals surface area (Å²) in [5.41, 5.74) is -11.2. The van der Waals surface area contributed by atoms with E-state index in [1.54, 1.807) is 328 Å². The summed E-state index contributed by atoms with van der Waals surface area (Å²) in [5, 5.41) is 73.4. The molecule has 0 aromatic heterocycles. The van der Waals surface area contributed by atoms with Crippen molar-refractivity contribution in [2.45, 2.75) is 108 Å². The molecule has 0 saturated carbocycles. The van der Waals surface area contributed by atoms with Crippen molar-refractivity contribution in [1.82, 2.24) is 0 Å². The predicted molar refractivity (Wildman–Crippen MR) is 525 cm³/mol. The van der Waals surface area contributed by atoms with Gasteiger partial charge in [0.05, 0.1) is 0 Å². The van der Waals surface area contributed by atoms with E-state index >= 15 is 34.2 Å². The van der Waals surface area contributed by atoms with Gasteiger partial charge in [-0.15, -0.1) is 0 Å². The van der Waals surface area contributed by atoms with Crippen LogP contribution < -0.4 is 56.8 Å². The lowest BCUT2D eigenvalue weighted by molar-refractivity contribution is -0.192. The van der Waals surface area contributed by atoms with Gasteiger partial charge in [-0.05, 0) is 121 Å². The van der Waals surface area contributed by atoms with Gasteiger partial charge in [0.25, 0.3) is 0 Å². The molecule has 0 bridgehead atoms. The minimum atomic E-state index is -5.17. The molecule has 2 unspecified atom stereocenters. The molecule has 0 heterocycles. The van der Waals surface area contributed by atoms with Crippen LogP contribution in [0.2, 0.25) is 0 Å². The molecule has 16 aromatic carbocycles. The lowest BCUT2D eigenvalue weighted by atomic mass is 9.60. The molecule has 0 aliphatic heterocycles. The summed E-state index contributed by atoms with van der Waals surface area (Å²) in [4.78, 5) is 87.4. The average Bonchev–Trinajstić information content (AvgIpc) is 0.690. The summed E-state index contributed by atoms with van der Waals surface area (Å²) in [6.45, 7) is -2.84. The molecule has 16 aromatic rings. The molecule has 5 N–H and O–H groups in total. The van der Waals surface area contributed by atoms with Gasteiger partial charge >= 0.3 is 0 Å². The van der Waals surface area contributed by atoms with Gasteiger partial charge < -0.3 is 82.4 Å². The van der Waals surface area contributed by atoms with Crippen LogP contribution in [0.3, 0.4) is 0 Å². The van der Waals surface area contributed by atoms with Crippen LogP contribution in [0.25, 0.3) is 0 Å². The molecule has 5 atom stereocenters. The zero-order chi connectivity index (χ0) is 96.9. The lowest BCUT2D eigenvalue weighted by Gasteiger charge is -2.47. The summed E-state index contributed by atoms with van der Waals surface area (Å²) >= 11 is 0. The Bertz CT molecular complexity index is 6530. The summed E-state index contributed by atoms with van der Waals surface area (Å²) < 4.78 is 80.3. The fourth-order valence-electron chi connectivity index (χ4n) is 15.7. The van der Waals surface area contributed by atoms with Crippen molar-refractivity contribution < 1.29 is 106 Å². The third-order valence-electron chi connectivity index (χ3n) is 23.2. The maximum absolute atomic E-state index is 18.2. The SMILES string of the molecule is O=C[C@@](O)(C(=O)c1cc(OCc2ccccc2)c(OCc2ccccc2)c(OCc2ccccc2)c1)[C@](O)(C(=O)c1cc(OCc2ccccc2)c(OCc2ccccc2)c(OCc2ccccc2)c1)[C@@](O)(C(=O)c1cc(OCc2ccccc2)c(OCc2ccccc2)c(OCc2ccccc2)c1)C(=O)C(O)C(O)c1cc(OCc2ccccc2)c(OCc2ccccc2)c(OCc2ccccc2)c1. The first-order valence-electron chi connectivity index (χ1n) is 45.4. The van der Waals surface area contributed by atoms with Crippen LogP contribution in [0.4, 0.5) is 0 Å². The van der Waals surface area contributed by atoms with Crippen molar-refractivity contribution in [3.63, 3.8) is 0 Å². The molecular formula is C118H100O22. The first-order chi connectivity index (χ1) is 68.5. The Kier molecular flexibility index (Phi) is 32.1. The number of rotatable bonds is 49. The number of aliphatic hydroxyl groups excluding tert-OH is 2. The molecule has 22 heteroatoms. The van der Waals surface area contributed by atoms with Crippen molar-refractivity contribution in [1.29, 1.82) is 0 Å². The van der Waals surface area contributed by atoms with Crippen molar-refractivity contribution in [2.75, 3.05) is 0 Å². The fourth-order valence-corrected chi connectivity index (χ4v) is 15.7. The number of hydrogen-bond acceptors (Lipinski definition) is 22. The van der Waals surface area contributed by atoms with E-state index in [9.17, 15) is 15.3 Å². The highest BCUT2D eigenvalue weighted by Gasteiger charge is 2.76. The van der Waals surface area contributed by atoms with E-state index in [2.05, 4.69) is 0 Å². The highest BCUT2D eigenvalue weighted by molar-refractivity contribution is 6.30. The van der Waals surface area contributed by atoms with Gasteiger partial charge in [0.15, 0.2) is 52.3 Å². The van der Waals surface area contributed by atoms with Crippen LogP contribution in [0.15, 0.2) is 413 Å². The number of benzene rings is 16. The molecule has 140 heavy (non-hydrogen) atoms. The number of Topliss-reactive ketones (excluding diaryl/α,β-unsaturated/α-hetero) is 4. The van der Waals surface area contributed by atoms with Gasteiger partial charge in [-0.2, -0.15) is 0 Å². The highest BCUT2D eigenvalue weighted by atomic mass is 16.6. The Morgan fingerprint density at radius 2 is 0.393 bits per heavy atom. The van der Waals surface area contributed by atoms with E-state index in [0.717, 1.165) is 36.4 Å². The molecule has 0 saturated heterocycles. The number of ketones is 4. The second kappa shape index (κ2) is 46.7. The number of aldehydes is 1. The summed E-state index contributed by atoms with van der Waals surface area (Å²) in [6.07, 6.45) is -6.82. The van der Waals surface area contributed by atoms with Crippen molar-refractivity contribution in [3.8, 4) is 69.0 Å². The van der Waals surface area contributed by atoms with E-state index < -0.39 is 80.7 Å². The molecule has 0 aliphatic rings. The standard InChI is InChI=1S/C118H100O22/c119-81-116(126,112(122)95-63-100(131-71-84-41-17-3-18-42-84)109(138-78-91-55-31-10-32-56-91)101(64-95)132-72-85-43-19-4-20-44-85)118(128,114(124)97-67-104(135-75-88-49-25-7-26-50-88)111(140-80-93-59-35-12-36-60-93)105(68-97)136-76-89-51-27-8-28-52-89)117(127,113(123)96-65-102(133-73-86-45-21-5-22-46-86)110(139-79-92-57-33-11-34-58-92)103(66-96)134-74-87-47-23-6-24-48-87)115(125)107(121)106(120)94-61-98(129-69-82-37-13-1-14-38-82)108(137-77-90-53-29-9-30-54-90)99(62-94)130-70-83-39-15-2-16-40-83/h1-68,81,106-107,120-121,126-128H,69-80H2/t106?,107?,116-,117-,118-/m1/s1. The van der Waals surface area contributed by atoms with Crippen LogP contribution >= 0.6 is 0 Å². The molecule has 704 valence electrons. The molecular weight excluding hydrogens is 1770 g/mol. The number of hydrogen-bond donors (Lipinski definition) is 5. The first-order valence-corrected chi connectivity index (χ1v) is 45.4. The van der Waals surface area contributed by atoms with Crippen molar-refractivity contribution >= 4 is 29.4 Å². The summed E-state index contributed by atoms with van der Waals surface area (Å²) in [7, 11) is 0. The average molecular weight is 1870 g/mol. The number of carbonyl (C=O) groups excluding carboxylic acids is 5. The largest absolute Gasteiger partial charge is 0.485 e. The number of aliphatic hydroxyl groups is 5. The summed E-state index contributed by atoms with van der Waals surface area (Å²) in [6, 6.07) is 115. The second-order valence-corrected chi connectivity index (χ2v) is 33.1. The molecule has 0 spiro atoms. The van der Waals surface area contributed by atoms with Gasteiger partial charge in [-0.25, -0.2) is 0 Å². The smallest absolute Gasteiger partial charge is 0.229 e. The van der Waals surface area contributed by atoms with Crippen LogP contribution in [0, 0.1) is 0 Å². The zero-order valence-corrected chi connectivity index (χ0v) is 76.2. The van der Waals surface area contributed by atoms with Gasteiger partial charge in [0.1, 0.15) is 91.5 Å². The van der Waals surface area contributed by atoms with Gasteiger partial charge in [0, 0.05) is 16.7 Å². The number of ether oxygens (including phenoxy) is 12. The van der Waals surface area contributed by atoms with E-state index in [0.29, 0.717) is 66.8 Å². The van der Waals surface area contributed by atoms with E-state index in [1.807, 2.05) is 36.4 Å². The fraction of sp³-hybridized carbons (Fsp3) is 0.144. The quantitative estimate of drug-likeness (QED) is 0.0134. The van der Waals surface area contributed by atoms with Crippen LogP contribution in [0.1, 0.15) is 110 Å². The van der Waals surface area contributed by atoms with Crippen LogP contribution in [-0.2, 0) is 88.9 Å². The van der Waals surface area contributed by atoms with Gasteiger partial charge in [-0.3, -0.25) is 24.0 Å². The van der Waals surface area contributed by atoms with Gasteiger partial charge in [0.2, 0.25) is 62.9 Å². The Labute approximate surface area is 809 Å². The monoisotopic (exact) mass is 1870 g/mol. The topological polar surface area (TPSA) is 297 Å². The van der Waals surface area contributed by atoms with Crippen molar-refractivity contribution in [2.24, 2.45) is 0 Å². The van der Waals surface area contributed by atoms with E-state index in [1.165, 1.54) is 12.1 Å². The van der Waals surface area contributed by atoms with E-state index in [4.69, 9.17) is 56.8 Å². The molecule has 22 nitrogen and oxygen atoms in total. The van der Waals surface area contributed by atoms with Crippen molar-refractivity contribution in [3.05, 3.63) is 502 Å². The molecule has 0 fully saturated rings. The van der Waals surface area contributed by atoms with Crippen LogP contribution in [0.5, 0.6) is 69.0 Å². The normalized spacial score (nSPS) is 12.8. The molecule has 16 rings (SSSR count). The Hall–Kier alpha value is -16.7. The Morgan fingerprint density at radius 3 is 0.579 bits per heavy atom. The molecule has 0 radical (unpaired) electrons. The maximum Gasteiger partial charge on any atom is 0.229 e. The van der Waals surface area contributed by atoms with Crippen LogP contribution in [-0.4, -0.2) is 77.9 Å². The minimum absolute atomic E-state index is 0.0563. The first kappa shape index (κ1) is 96.4. The Morgan fingerprint density at radius 1 is 0.229 bits per heavy atom. The van der Waals surface area contributed by atoms with E-state index in [-0.39, 0.29) is 148 Å². The summed E-state index contributed by atoms with van der Waals surface area (Å²) in [5.74, 6) is -12.1. The lowest BCUT2D eigenvalue weighted by Crippen LogP contribution is -2.80. The molecule has 0 amide bonds. The minimum Gasteiger partial charge on any atom is -0.485 e. The Balaban J connectivity index is 0.968. The maximum atomic E-state index is 18.2. The number of carbonyl (C=O) groups is 5. The predicted octanol–water partition coefficient (Wildman–Crippen LogP) is 20.6. The molecule has 0 aliphatic carbocycles. The van der Waals surface area contributed by atoms with Gasteiger partial charge in [-0.1, -0.05) is 364 Å². The second-order valence-electron chi connectivity index (χ2n) is 33.1. The third-order valence-corrected chi connectivity index (χ3v) is 23.2.